The molecule has 0 aliphatic carbocycles. The number of ketones is 1. The standard InChI is InChI=1S/C24H24N6OS/c1-16-26-15-23(32-16)19-9-18-10-20(27-14-21(18)28-13-19)12-22(31)17-3-4-25-24(11-17)30-7-5-29(2)6-8-30/h3-4,9-11,13-15H,5-8,12H2,1-2H3. The molecule has 0 unspecified atom stereocenters. The Balaban J connectivity index is 1.36. The smallest absolute Gasteiger partial charge is 0.169 e. The molecule has 0 radical (unpaired) electrons. The highest BCUT2D eigenvalue weighted by Crippen LogP contribution is 2.27. The van der Waals surface area contributed by atoms with Gasteiger partial charge >= 0.3 is 0 Å². The molecule has 162 valence electrons. The summed E-state index contributed by atoms with van der Waals surface area (Å²) in [4.78, 5) is 36.4. The van der Waals surface area contributed by atoms with E-state index in [0.717, 1.165) is 64.0 Å². The molecule has 7 nitrogen and oxygen atoms in total. The van der Waals surface area contributed by atoms with E-state index in [1.807, 2.05) is 31.5 Å². The van der Waals surface area contributed by atoms with Crippen LogP contribution in [-0.4, -0.2) is 63.8 Å². The molecule has 1 aliphatic heterocycles. The van der Waals surface area contributed by atoms with E-state index in [1.54, 1.807) is 29.8 Å². The SMILES string of the molecule is Cc1ncc(-c2cnc3cnc(CC(=O)c4ccnc(N5CCN(C)CC5)c4)cc3c2)s1. The maximum absolute atomic E-state index is 13.0. The molecule has 32 heavy (non-hydrogen) atoms. The predicted molar refractivity (Wildman–Crippen MR) is 127 cm³/mol. The predicted octanol–water partition coefficient (Wildman–Crippen LogP) is 3.63. The van der Waals surface area contributed by atoms with Crippen molar-refractivity contribution < 1.29 is 4.79 Å². The lowest BCUT2D eigenvalue weighted by Gasteiger charge is -2.33. The first kappa shape index (κ1) is 20.7. The van der Waals surface area contributed by atoms with E-state index in [2.05, 4.69) is 42.8 Å². The normalized spacial score (nSPS) is 14.8. The number of hydrogen-bond acceptors (Lipinski definition) is 8. The molecule has 0 aromatic carbocycles. The molecule has 8 heteroatoms. The largest absolute Gasteiger partial charge is 0.354 e. The number of pyridine rings is 3. The monoisotopic (exact) mass is 444 g/mol. The Bertz CT molecular complexity index is 1280. The van der Waals surface area contributed by atoms with E-state index in [0.29, 0.717) is 5.56 Å². The molecule has 1 aliphatic rings. The van der Waals surface area contributed by atoms with Gasteiger partial charge in [0.1, 0.15) is 5.82 Å². The van der Waals surface area contributed by atoms with Gasteiger partial charge in [-0.3, -0.25) is 14.8 Å². The molecule has 0 bridgehead atoms. The summed E-state index contributed by atoms with van der Waals surface area (Å²) in [5.41, 5.74) is 3.24. The minimum atomic E-state index is 0.0387. The zero-order chi connectivity index (χ0) is 22.1. The van der Waals surface area contributed by atoms with Crippen molar-refractivity contribution in [3.05, 3.63) is 65.3 Å². The van der Waals surface area contributed by atoms with E-state index in [9.17, 15) is 4.79 Å². The van der Waals surface area contributed by atoms with Crippen molar-refractivity contribution in [3.63, 3.8) is 0 Å². The zero-order valence-electron chi connectivity index (χ0n) is 18.2. The average molecular weight is 445 g/mol. The van der Waals surface area contributed by atoms with Crippen LogP contribution in [0.4, 0.5) is 5.82 Å². The van der Waals surface area contributed by atoms with Crippen LogP contribution in [0.2, 0.25) is 0 Å². The average Bonchev–Trinajstić information content (AvgIpc) is 3.25. The Morgan fingerprint density at radius 1 is 1.00 bits per heavy atom. The first-order valence-electron chi connectivity index (χ1n) is 10.7. The van der Waals surface area contributed by atoms with E-state index in [4.69, 9.17) is 0 Å². The Kier molecular flexibility index (Phi) is 5.63. The van der Waals surface area contributed by atoms with Crippen molar-refractivity contribution in [3.8, 4) is 10.4 Å². The van der Waals surface area contributed by atoms with Gasteiger partial charge in [0, 0.05) is 67.0 Å². The van der Waals surface area contributed by atoms with E-state index in [-0.39, 0.29) is 12.2 Å². The number of fused-ring (bicyclic) bond motifs is 1. The topological polar surface area (TPSA) is 75.1 Å². The number of rotatable bonds is 5. The maximum Gasteiger partial charge on any atom is 0.169 e. The van der Waals surface area contributed by atoms with Gasteiger partial charge in [0.05, 0.1) is 28.0 Å². The minimum absolute atomic E-state index is 0.0387. The summed E-state index contributed by atoms with van der Waals surface area (Å²) in [7, 11) is 2.12. The van der Waals surface area contributed by atoms with E-state index in [1.165, 1.54) is 0 Å². The molecule has 1 fully saturated rings. The van der Waals surface area contributed by atoms with Crippen LogP contribution in [0.3, 0.4) is 0 Å². The molecule has 0 amide bonds. The molecule has 0 N–H and O–H groups in total. The van der Waals surface area contributed by atoms with Crippen molar-refractivity contribution in [2.45, 2.75) is 13.3 Å². The number of carbonyl (C=O) groups excluding carboxylic acids is 1. The van der Waals surface area contributed by atoms with Crippen LogP contribution in [0, 0.1) is 6.92 Å². The Labute approximate surface area is 190 Å². The van der Waals surface area contributed by atoms with Gasteiger partial charge in [-0.25, -0.2) is 9.97 Å². The third kappa shape index (κ3) is 4.37. The number of carbonyl (C=O) groups is 1. The number of nitrogens with zero attached hydrogens (tertiary/aromatic N) is 6. The van der Waals surface area contributed by atoms with E-state index >= 15 is 0 Å². The number of aromatic nitrogens is 4. The lowest BCUT2D eigenvalue weighted by Crippen LogP contribution is -2.44. The van der Waals surface area contributed by atoms with Crippen LogP contribution >= 0.6 is 11.3 Å². The summed E-state index contributed by atoms with van der Waals surface area (Å²) in [6.45, 7) is 5.82. The van der Waals surface area contributed by atoms with Gasteiger partial charge in [-0.15, -0.1) is 11.3 Å². The van der Waals surface area contributed by atoms with Gasteiger partial charge in [0.25, 0.3) is 0 Å². The highest BCUT2D eigenvalue weighted by atomic mass is 32.1. The fourth-order valence-corrected chi connectivity index (χ4v) is 4.63. The second-order valence-electron chi connectivity index (χ2n) is 8.13. The third-order valence-corrected chi connectivity index (χ3v) is 6.73. The number of anilines is 1. The molecule has 4 aromatic heterocycles. The Hall–Kier alpha value is -3.23. The Morgan fingerprint density at radius 3 is 2.62 bits per heavy atom. The van der Waals surface area contributed by atoms with E-state index < -0.39 is 0 Å². The van der Waals surface area contributed by atoms with Crippen molar-refractivity contribution in [1.29, 1.82) is 0 Å². The van der Waals surface area contributed by atoms with Crippen molar-refractivity contribution in [2.24, 2.45) is 0 Å². The minimum Gasteiger partial charge on any atom is -0.354 e. The van der Waals surface area contributed by atoms with Gasteiger partial charge < -0.3 is 9.80 Å². The molecule has 0 atom stereocenters. The van der Waals surface area contributed by atoms with Crippen molar-refractivity contribution >= 4 is 33.8 Å². The molecule has 0 saturated carbocycles. The summed E-state index contributed by atoms with van der Waals surface area (Å²) in [6, 6.07) is 7.73. The maximum atomic E-state index is 13.0. The molecule has 1 saturated heterocycles. The Morgan fingerprint density at radius 2 is 1.84 bits per heavy atom. The summed E-state index contributed by atoms with van der Waals surface area (Å²) >= 11 is 1.64. The first-order valence-corrected chi connectivity index (χ1v) is 11.5. The number of aryl methyl sites for hydroxylation is 1. The van der Waals surface area contributed by atoms with Crippen LogP contribution in [-0.2, 0) is 6.42 Å². The molecule has 5 heterocycles. The highest BCUT2D eigenvalue weighted by Gasteiger charge is 2.17. The van der Waals surface area contributed by atoms with Gasteiger partial charge in [-0.05, 0) is 38.2 Å². The second kappa shape index (κ2) is 8.72. The lowest BCUT2D eigenvalue weighted by molar-refractivity contribution is 0.0992. The molecule has 5 rings (SSSR count). The summed E-state index contributed by atoms with van der Waals surface area (Å²) in [5.74, 6) is 0.904. The van der Waals surface area contributed by atoms with Crippen LogP contribution in [0.1, 0.15) is 21.1 Å². The summed E-state index contributed by atoms with van der Waals surface area (Å²) in [6.07, 6.45) is 7.42. The summed E-state index contributed by atoms with van der Waals surface area (Å²) in [5, 5.41) is 1.99. The van der Waals surface area contributed by atoms with Crippen molar-refractivity contribution in [2.75, 3.05) is 38.1 Å². The number of hydrogen-bond donors (Lipinski definition) is 0. The third-order valence-electron chi connectivity index (χ3n) is 5.77. The van der Waals surface area contributed by atoms with Crippen LogP contribution in [0.5, 0.6) is 0 Å². The molecule has 4 aromatic rings. The number of piperazine rings is 1. The fraction of sp³-hybridized carbons (Fsp3) is 0.292. The number of Topliss-reactive ketones (excluding diaryl/α,β-unsaturated/α-hetero) is 1. The number of likely N-dealkylation sites (N-methyl/N-ethyl adjacent to an activating group) is 1. The molecular weight excluding hydrogens is 420 g/mol. The zero-order valence-corrected chi connectivity index (χ0v) is 19.0. The second-order valence-corrected chi connectivity index (χ2v) is 9.36. The van der Waals surface area contributed by atoms with Crippen LogP contribution in [0.25, 0.3) is 21.3 Å². The fourth-order valence-electron chi connectivity index (χ4n) is 3.87. The van der Waals surface area contributed by atoms with Crippen LogP contribution in [0.15, 0.2) is 49.1 Å². The highest BCUT2D eigenvalue weighted by molar-refractivity contribution is 7.15. The van der Waals surface area contributed by atoms with Gasteiger partial charge in [0.2, 0.25) is 0 Å². The van der Waals surface area contributed by atoms with Crippen molar-refractivity contribution in [1.82, 2.24) is 24.8 Å². The lowest BCUT2D eigenvalue weighted by atomic mass is 10.1. The molecular formula is C24H24N6OS. The van der Waals surface area contributed by atoms with Crippen LogP contribution < -0.4 is 4.90 Å². The first-order chi connectivity index (χ1) is 15.5. The quantitative estimate of drug-likeness (QED) is 0.435. The molecule has 0 spiro atoms. The van der Waals surface area contributed by atoms with Gasteiger partial charge in [0.15, 0.2) is 5.78 Å². The number of thiazole rings is 1. The van der Waals surface area contributed by atoms with Gasteiger partial charge in [-0.1, -0.05) is 0 Å². The summed E-state index contributed by atoms with van der Waals surface area (Å²) < 4.78 is 0. The van der Waals surface area contributed by atoms with Gasteiger partial charge in [-0.2, -0.15) is 0 Å².